The van der Waals surface area contributed by atoms with Crippen LogP contribution in [-0.4, -0.2) is 34.5 Å². The molecule has 1 N–H and O–H groups in total. The molecule has 0 radical (unpaired) electrons. The fourth-order valence-corrected chi connectivity index (χ4v) is 2.76. The van der Waals surface area contributed by atoms with Crippen LogP contribution >= 0.6 is 0 Å². The van der Waals surface area contributed by atoms with E-state index in [4.69, 9.17) is 4.52 Å². The second kappa shape index (κ2) is 7.78. The lowest BCUT2D eigenvalue weighted by atomic mass is 10.1. The van der Waals surface area contributed by atoms with Crippen molar-refractivity contribution < 1.29 is 9.32 Å². The molecule has 25 heavy (non-hydrogen) atoms. The average Bonchev–Trinajstić information content (AvgIpc) is 3.00. The third kappa shape index (κ3) is 4.66. The molecule has 1 heterocycles. The SMILES string of the molecule is Cc1cc(C)c(NC(=O)CN(C)C(C)c2nc(C(C)C)no2)c(C)c1. The largest absolute Gasteiger partial charge is 0.338 e. The van der Waals surface area contributed by atoms with Crippen molar-refractivity contribution >= 4 is 11.6 Å². The third-order valence-electron chi connectivity index (χ3n) is 4.33. The molecule has 1 atom stereocenters. The molecule has 1 amide bonds. The summed E-state index contributed by atoms with van der Waals surface area (Å²) in [5.41, 5.74) is 4.22. The number of carbonyl (C=O) groups excluding carboxylic acids is 1. The number of anilines is 1. The first-order valence-electron chi connectivity index (χ1n) is 8.60. The van der Waals surface area contributed by atoms with Gasteiger partial charge in [0.2, 0.25) is 11.8 Å². The summed E-state index contributed by atoms with van der Waals surface area (Å²) in [4.78, 5) is 18.7. The van der Waals surface area contributed by atoms with E-state index in [1.165, 1.54) is 5.56 Å². The Bertz CT molecular complexity index is 729. The summed E-state index contributed by atoms with van der Waals surface area (Å²) in [6.45, 7) is 12.3. The molecule has 136 valence electrons. The fourth-order valence-electron chi connectivity index (χ4n) is 2.76. The van der Waals surface area contributed by atoms with E-state index in [2.05, 4.69) is 34.5 Å². The molecule has 6 heteroatoms. The van der Waals surface area contributed by atoms with Gasteiger partial charge >= 0.3 is 0 Å². The summed E-state index contributed by atoms with van der Waals surface area (Å²) in [5, 5.41) is 7.00. The smallest absolute Gasteiger partial charge is 0.243 e. The minimum absolute atomic E-state index is 0.0620. The van der Waals surface area contributed by atoms with Crippen LogP contribution in [0.15, 0.2) is 16.7 Å². The van der Waals surface area contributed by atoms with Crippen LogP contribution in [0.3, 0.4) is 0 Å². The highest BCUT2D eigenvalue weighted by Gasteiger charge is 2.22. The zero-order valence-electron chi connectivity index (χ0n) is 16.2. The lowest BCUT2D eigenvalue weighted by Gasteiger charge is -2.21. The number of nitrogens with one attached hydrogen (secondary N) is 1. The molecule has 0 bridgehead atoms. The van der Waals surface area contributed by atoms with Crippen molar-refractivity contribution in [3.8, 4) is 0 Å². The van der Waals surface area contributed by atoms with Gasteiger partial charge in [-0.25, -0.2) is 0 Å². The van der Waals surface area contributed by atoms with Crippen LogP contribution < -0.4 is 5.32 Å². The van der Waals surface area contributed by atoms with Crippen LogP contribution in [0.2, 0.25) is 0 Å². The van der Waals surface area contributed by atoms with Crippen molar-refractivity contribution in [1.82, 2.24) is 15.0 Å². The Labute approximate surface area is 149 Å². The molecule has 0 aliphatic carbocycles. The Hall–Kier alpha value is -2.21. The number of hydrogen-bond donors (Lipinski definition) is 1. The highest BCUT2D eigenvalue weighted by molar-refractivity contribution is 5.93. The Morgan fingerprint density at radius 3 is 2.32 bits per heavy atom. The fraction of sp³-hybridized carbons (Fsp3) is 0.526. The summed E-state index contributed by atoms with van der Waals surface area (Å²) in [5.74, 6) is 1.37. The minimum Gasteiger partial charge on any atom is -0.338 e. The number of hydrogen-bond acceptors (Lipinski definition) is 5. The first kappa shape index (κ1) is 19.1. The van der Waals surface area contributed by atoms with E-state index in [1.54, 1.807) is 0 Å². The van der Waals surface area contributed by atoms with Crippen LogP contribution in [0.25, 0.3) is 0 Å². The molecular weight excluding hydrogens is 316 g/mol. The Morgan fingerprint density at radius 1 is 1.20 bits per heavy atom. The molecule has 2 aromatic rings. The molecule has 6 nitrogen and oxygen atoms in total. The van der Waals surface area contributed by atoms with Gasteiger partial charge in [-0.2, -0.15) is 4.98 Å². The molecule has 0 aliphatic rings. The van der Waals surface area contributed by atoms with Gasteiger partial charge in [-0.1, -0.05) is 36.7 Å². The lowest BCUT2D eigenvalue weighted by Crippen LogP contribution is -2.32. The van der Waals surface area contributed by atoms with Crippen LogP contribution in [0.4, 0.5) is 5.69 Å². The molecule has 2 rings (SSSR count). The van der Waals surface area contributed by atoms with Crippen LogP contribution in [0.1, 0.15) is 61.1 Å². The van der Waals surface area contributed by atoms with Gasteiger partial charge in [-0.15, -0.1) is 0 Å². The van der Waals surface area contributed by atoms with E-state index in [0.717, 1.165) is 16.8 Å². The number of nitrogens with zero attached hydrogens (tertiary/aromatic N) is 3. The van der Waals surface area contributed by atoms with Gasteiger partial charge in [0.1, 0.15) is 0 Å². The lowest BCUT2D eigenvalue weighted by molar-refractivity contribution is -0.117. The quantitative estimate of drug-likeness (QED) is 0.864. The second-order valence-electron chi connectivity index (χ2n) is 7.06. The van der Waals surface area contributed by atoms with Gasteiger partial charge < -0.3 is 9.84 Å². The summed E-state index contributed by atoms with van der Waals surface area (Å²) in [6, 6.07) is 4.01. The van der Waals surface area contributed by atoms with Gasteiger partial charge in [0.25, 0.3) is 0 Å². The van der Waals surface area contributed by atoms with Crippen molar-refractivity contribution in [1.29, 1.82) is 0 Å². The van der Waals surface area contributed by atoms with Crippen molar-refractivity contribution in [2.45, 2.75) is 53.5 Å². The normalized spacial score (nSPS) is 12.7. The summed E-state index contributed by atoms with van der Waals surface area (Å²) in [6.07, 6.45) is 0. The van der Waals surface area contributed by atoms with Crippen molar-refractivity contribution in [2.75, 3.05) is 18.9 Å². The number of benzene rings is 1. The Balaban J connectivity index is 2.02. The number of carbonyl (C=O) groups is 1. The molecular formula is C19H28N4O2. The van der Waals surface area contributed by atoms with Crippen molar-refractivity contribution in [3.63, 3.8) is 0 Å². The van der Waals surface area contributed by atoms with Crippen LogP contribution in [-0.2, 0) is 4.79 Å². The second-order valence-corrected chi connectivity index (χ2v) is 7.06. The number of likely N-dealkylation sites (N-methyl/N-ethyl adjacent to an activating group) is 1. The summed E-state index contributed by atoms with van der Waals surface area (Å²) in [7, 11) is 1.87. The molecule has 0 fully saturated rings. The molecule has 1 unspecified atom stereocenters. The average molecular weight is 344 g/mol. The van der Waals surface area contributed by atoms with Crippen molar-refractivity contribution in [3.05, 3.63) is 40.5 Å². The highest BCUT2D eigenvalue weighted by Crippen LogP contribution is 2.23. The number of aryl methyl sites for hydroxylation is 3. The van der Waals surface area contributed by atoms with E-state index >= 15 is 0 Å². The van der Waals surface area contributed by atoms with Gasteiger partial charge in [-0.3, -0.25) is 9.69 Å². The predicted molar refractivity (Wildman–Crippen MR) is 98.7 cm³/mol. The molecule has 1 aromatic carbocycles. The molecule has 1 aromatic heterocycles. The third-order valence-corrected chi connectivity index (χ3v) is 4.33. The number of aromatic nitrogens is 2. The first-order chi connectivity index (χ1) is 11.7. The monoisotopic (exact) mass is 344 g/mol. The standard InChI is InChI=1S/C19H28N4O2/c1-11(2)18-21-19(25-22-18)15(6)23(7)10-16(24)20-17-13(4)8-12(3)9-14(17)5/h8-9,11,15H,10H2,1-7H3,(H,20,24). The van der Waals surface area contributed by atoms with E-state index in [-0.39, 0.29) is 24.4 Å². The zero-order valence-corrected chi connectivity index (χ0v) is 16.2. The zero-order chi connectivity index (χ0) is 18.7. The van der Waals surface area contributed by atoms with Crippen LogP contribution in [0, 0.1) is 20.8 Å². The van der Waals surface area contributed by atoms with Crippen LogP contribution in [0.5, 0.6) is 0 Å². The molecule has 0 saturated heterocycles. The summed E-state index contributed by atoms with van der Waals surface area (Å²) < 4.78 is 5.33. The Kier molecular flexibility index (Phi) is 5.95. The maximum Gasteiger partial charge on any atom is 0.243 e. The maximum absolute atomic E-state index is 12.4. The summed E-state index contributed by atoms with van der Waals surface area (Å²) >= 11 is 0. The Morgan fingerprint density at radius 2 is 1.80 bits per heavy atom. The van der Waals surface area contributed by atoms with Gasteiger partial charge in [0.15, 0.2) is 5.82 Å². The number of amides is 1. The van der Waals surface area contributed by atoms with E-state index in [0.29, 0.717) is 11.7 Å². The van der Waals surface area contributed by atoms with E-state index < -0.39 is 0 Å². The minimum atomic E-state index is -0.133. The maximum atomic E-state index is 12.4. The highest BCUT2D eigenvalue weighted by atomic mass is 16.5. The molecule has 0 aliphatic heterocycles. The van der Waals surface area contributed by atoms with Gasteiger partial charge in [0.05, 0.1) is 12.6 Å². The predicted octanol–water partition coefficient (Wildman–Crippen LogP) is 3.75. The first-order valence-corrected chi connectivity index (χ1v) is 8.60. The van der Waals surface area contributed by atoms with E-state index in [9.17, 15) is 4.79 Å². The molecule has 0 spiro atoms. The van der Waals surface area contributed by atoms with Gasteiger partial charge in [0, 0.05) is 11.6 Å². The number of rotatable bonds is 6. The molecule has 0 saturated carbocycles. The van der Waals surface area contributed by atoms with Crippen molar-refractivity contribution in [2.24, 2.45) is 0 Å². The van der Waals surface area contributed by atoms with E-state index in [1.807, 2.05) is 46.6 Å². The topological polar surface area (TPSA) is 71.3 Å². The van der Waals surface area contributed by atoms with Gasteiger partial charge in [-0.05, 0) is 45.9 Å².